The fourth-order valence-electron chi connectivity index (χ4n) is 2.55. The first-order valence-corrected chi connectivity index (χ1v) is 5.98. The van der Waals surface area contributed by atoms with Gasteiger partial charge in [0, 0.05) is 12.6 Å². The molecule has 2 saturated carbocycles. The maximum absolute atomic E-state index is 9.72. The van der Waals surface area contributed by atoms with Crippen LogP contribution in [0.2, 0.25) is 0 Å². The summed E-state index contributed by atoms with van der Waals surface area (Å²) in [6, 6.07) is 0.651. The Labute approximate surface area is 87.1 Å². The van der Waals surface area contributed by atoms with Gasteiger partial charge in [-0.15, -0.1) is 0 Å². The maximum Gasteiger partial charge on any atom is 0.0692 e. The van der Waals surface area contributed by atoms with E-state index < -0.39 is 0 Å². The first kappa shape index (κ1) is 10.4. The van der Waals surface area contributed by atoms with Crippen molar-refractivity contribution in [2.45, 2.75) is 58.1 Å². The van der Waals surface area contributed by atoms with Crippen molar-refractivity contribution in [2.24, 2.45) is 11.3 Å². The molecular weight excluding hydrogens is 174 g/mol. The third-order valence-electron chi connectivity index (χ3n) is 3.75. The Morgan fingerprint density at radius 3 is 2.57 bits per heavy atom. The van der Waals surface area contributed by atoms with Crippen LogP contribution in [0.4, 0.5) is 0 Å². The van der Waals surface area contributed by atoms with Crippen LogP contribution < -0.4 is 5.32 Å². The Balaban J connectivity index is 1.66. The zero-order chi connectivity index (χ0) is 10.2. The standard InChI is InChI=1S/C12H23NO/c1-12(2)6-5-10(7-12)13-8-11(14)9-3-4-9/h9-11,13-14H,3-8H2,1-2H3. The van der Waals surface area contributed by atoms with Crippen molar-refractivity contribution in [3.63, 3.8) is 0 Å². The second-order valence-electron chi connectivity index (χ2n) is 5.92. The molecule has 2 aliphatic rings. The third-order valence-corrected chi connectivity index (χ3v) is 3.75. The number of aliphatic hydroxyl groups is 1. The summed E-state index contributed by atoms with van der Waals surface area (Å²) < 4.78 is 0. The Kier molecular flexibility index (Phi) is 2.85. The first-order valence-electron chi connectivity index (χ1n) is 5.98. The van der Waals surface area contributed by atoms with E-state index in [1.165, 1.54) is 32.1 Å². The average molecular weight is 197 g/mol. The largest absolute Gasteiger partial charge is 0.392 e. The van der Waals surface area contributed by atoms with Gasteiger partial charge < -0.3 is 10.4 Å². The van der Waals surface area contributed by atoms with E-state index in [2.05, 4.69) is 19.2 Å². The van der Waals surface area contributed by atoms with Gasteiger partial charge in [0.05, 0.1) is 6.10 Å². The molecule has 2 rings (SSSR count). The predicted molar refractivity (Wildman–Crippen MR) is 58.2 cm³/mol. The minimum absolute atomic E-state index is 0.0845. The van der Waals surface area contributed by atoms with Crippen molar-refractivity contribution >= 4 is 0 Å². The molecule has 2 aliphatic carbocycles. The summed E-state index contributed by atoms with van der Waals surface area (Å²) in [5.74, 6) is 0.608. The molecule has 82 valence electrons. The lowest BCUT2D eigenvalue weighted by atomic mass is 9.92. The van der Waals surface area contributed by atoms with Crippen LogP contribution in [0.15, 0.2) is 0 Å². The van der Waals surface area contributed by atoms with Gasteiger partial charge in [0.2, 0.25) is 0 Å². The monoisotopic (exact) mass is 197 g/mol. The molecule has 0 amide bonds. The fourth-order valence-corrected chi connectivity index (χ4v) is 2.55. The smallest absolute Gasteiger partial charge is 0.0692 e. The van der Waals surface area contributed by atoms with E-state index >= 15 is 0 Å². The fraction of sp³-hybridized carbons (Fsp3) is 1.00. The molecule has 0 radical (unpaired) electrons. The predicted octanol–water partition coefficient (Wildman–Crippen LogP) is 1.93. The normalized spacial score (nSPS) is 33.2. The molecule has 2 unspecified atom stereocenters. The summed E-state index contributed by atoms with van der Waals surface area (Å²) in [4.78, 5) is 0. The van der Waals surface area contributed by atoms with Crippen molar-refractivity contribution in [1.82, 2.24) is 5.32 Å². The molecule has 2 heteroatoms. The van der Waals surface area contributed by atoms with Crippen molar-refractivity contribution in [3.8, 4) is 0 Å². The Bertz CT molecular complexity index is 198. The molecule has 14 heavy (non-hydrogen) atoms. The quantitative estimate of drug-likeness (QED) is 0.721. The maximum atomic E-state index is 9.72. The zero-order valence-electron chi connectivity index (χ0n) is 9.42. The highest BCUT2D eigenvalue weighted by atomic mass is 16.3. The van der Waals surface area contributed by atoms with Gasteiger partial charge in [-0.1, -0.05) is 13.8 Å². The molecule has 0 aliphatic heterocycles. The van der Waals surface area contributed by atoms with Crippen LogP contribution >= 0.6 is 0 Å². The van der Waals surface area contributed by atoms with E-state index in [0.29, 0.717) is 17.4 Å². The summed E-state index contributed by atoms with van der Waals surface area (Å²) in [5.41, 5.74) is 0.516. The van der Waals surface area contributed by atoms with E-state index in [1.54, 1.807) is 0 Å². The number of hydrogen-bond acceptors (Lipinski definition) is 2. The lowest BCUT2D eigenvalue weighted by molar-refractivity contribution is 0.144. The topological polar surface area (TPSA) is 32.3 Å². The minimum atomic E-state index is -0.0845. The van der Waals surface area contributed by atoms with Crippen LogP contribution in [0, 0.1) is 11.3 Å². The van der Waals surface area contributed by atoms with Crippen LogP contribution in [0.3, 0.4) is 0 Å². The van der Waals surface area contributed by atoms with Crippen LogP contribution in [-0.2, 0) is 0 Å². The Morgan fingerprint density at radius 1 is 1.36 bits per heavy atom. The van der Waals surface area contributed by atoms with Crippen LogP contribution in [0.5, 0.6) is 0 Å². The van der Waals surface area contributed by atoms with Gasteiger partial charge in [0.15, 0.2) is 0 Å². The molecule has 0 spiro atoms. The van der Waals surface area contributed by atoms with Gasteiger partial charge in [-0.25, -0.2) is 0 Å². The zero-order valence-corrected chi connectivity index (χ0v) is 9.42. The van der Waals surface area contributed by atoms with E-state index in [4.69, 9.17) is 0 Å². The number of aliphatic hydroxyl groups excluding tert-OH is 1. The van der Waals surface area contributed by atoms with E-state index in [9.17, 15) is 5.11 Å². The molecule has 2 N–H and O–H groups in total. The molecule has 0 aromatic rings. The van der Waals surface area contributed by atoms with Crippen molar-refractivity contribution in [3.05, 3.63) is 0 Å². The summed E-state index contributed by atoms with van der Waals surface area (Å²) in [7, 11) is 0. The van der Waals surface area contributed by atoms with Gasteiger partial charge in [-0.05, 0) is 43.4 Å². The lowest BCUT2D eigenvalue weighted by Crippen LogP contribution is -2.35. The molecule has 0 aromatic heterocycles. The van der Waals surface area contributed by atoms with Crippen molar-refractivity contribution < 1.29 is 5.11 Å². The minimum Gasteiger partial charge on any atom is -0.392 e. The second kappa shape index (κ2) is 3.82. The highest BCUT2D eigenvalue weighted by molar-refractivity contribution is 4.88. The summed E-state index contributed by atoms with van der Waals surface area (Å²) >= 11 is 0. The molecule has 0 saturated heterocycles. The summed E-state index contributed by atoms with van der Waals surface area (Å²) in [5, 5.41) is 13.2. The first-order chi connectivity index (χ1) is 6.57. The molecule has 0 bridgehead atoms. The molecular formula is C12H23NO. The number of rotatable bonds is 4. The highest BCUT2D eigenvalue weighted by Gasteiger charge is 2.33. The third kappa shape index (κ3) is 2.71. The summed E-state index contributed by atoms with van der Waals surface area (Å²) in [6.45, 7) is 5.49. The van der Waals surface area contributed by atoms with Gasteiger partial charge >= 0.3 is 0 Å². The molecule has 2 atom stereocenters. The molecule has 2 nitrogen and oxygen atoms in total. The molecule has 2 fully saturated rings. The Morgan fingerprint density at radius 2 is 2.07 bits per heavy atom. The van der Waals surface area contributed by atoms with E-state index in [-0.39, 0.29) is 6.10 Å². The van der Waals surface area contributed by atoms with Crippen LogP contribution in [0.1, 0.15) is 46.0 Å². The highest BCUT2D eigenvalue weighted by Crippen LogP contribution is 2.37. The number of hydrogen-bond donors (Lipinski definition) is 2. The summed E-state index contributed by atoms with van der Waals surface area (Å²) in [6.07, 6.45) is 6.26. The second-order valence-corrected chi connectivity index (χ2v) is 5.92. The van der Waals surface area contributed by atoms with Crippen LogP contribution in [-0.4, -0.2) is 23.8 Å². The average Bonchev–Trinajstić information content (AvgIpc) is 2.88. The van der Waals surface area contributed by atoms with Gasteiger partial charge in [0.25, 0.3) is 0 Å². The molecule has 0 heterocycles. The van der Waals surface area contributed by atoms with Crippen LogP contribution in [0.25, 0.3) is 0 Å². The SMILES string of the molecule is CC1(C)CCC(NCC(O)C2CC2)C1. The van der Waals surface area contributed by atoms with Gasteiger partial charge in [-0.3, -0.25) is 0 Å². The van der Waals surface area contributed by atoms with Gasteiger partial charge in [0.1, 0.15) is 0 Å². The van der Waals surface area contributed by atoms with Crippen molar-refractivity contribution in [1.29, 1.82) is 0 Å². The lowest BCUT2D eigenvalue weighted by Gasteiger charge is -2.19. The molecule has 0 aromatic carbocycles. The Hall–Kier alpha value is -0.0800. The number of nitrogens with one attached hydrogen (secondary N) is 1. The van der Waals surface area contributed by atoms with Gasteiger partial charge in [-0.2, -0.15) is 0 Å². The van der Waals surface area contributed by atoms with E-state index in [1.807, 2.05) is 0 Å². The van der Waals surface area contributed by atoms with E-state index in [0.717, 1.165) is 6.54 Å². The van der Waals surface area contributed by atoms with Crippen molar-refractivity contribution in [2.75, 3.05) is 6.54 Å².